The topological polar surface area (TPSA) is 33.5 Å². The minimum Gasteiger partial charge on any atom is -0.346 e. The van der Waals surface area contributed by atoms with Crippen molar-refractivity contribution in [3.05, 3.63) is 60.2 Å². The van der Waals surface area contributed by atoms with E-state index in [-0.39, 0.29) is 5.91 Å². The van der Waals surface area contributed by atoms with Crippen molar-refractivity contribution in [2.45, 2.75) is 0 Å². The van der Waals surface area contributed by atoms with E-state index in [0.717, 1.165) is 23.2 Å². The molecule has 0 atom stereocenters. The molecule has 2 aromatic rings. The van der Waals surface area contributed by atoms with Crippen LogP contribution in [0.2, 0.25) is 0 Å². The average Bonchev–Trinajstić information content (AvgIpc) is 2.47. The van der Waals surface area contributed by atoms with E-state index in [4.69, 9.17) is 0 Å². The number of likely N-dealkylation sites (N-methyl/N-ethyl adjacent to an activating group) is 1. The molecule has 1 amide bonds. The maximum atomic E-state index is 12.3. The van der Waals surface area contributed by atoms with Gasteiger partial charge in [-0.25, -0.2) is 0 Å². The van der Waals surface area contributed by atoms with Gasteiger partial charge in [0.2, 0.25) is 0 Å². The molecule has 0 aliphatic rings. The molecule has 0 heterocycles. The van der Waals surface area contributed by atoms with Crippen molar-refractivity contribution >= 4 is 5.91 Å². The van der Waals surface area contributed by atoms with Crippen LogP contribution in [0, 0.1) is 0 Å². The Hall–Kier alpha value is -2.13. The maximum Gasteiger partial charge on any atom is 0.252 e. The van der Waals surface area contributed by atoms with Gasteiger partial charge in [-0.2, -0.15) is 0 Å². The summed E-state index contributed by atoms with van der Waals surface area (Å²) in [4.78, 5) is 13.6. The van der Waals surface area contributed by atoms with E-state index in [9.17, 15) is 4.79 Å². The van der Waals surface area contributed by atoms with Gasteiger partial charge in [0.15, 0.2) is 0 Å². The van der Waals surface area contributed by atoms with Gasteiger partial charge < -0.3 is 10.2 Å². The molecule has 0 saturated carbocycles. The zero-order valence-electron chi connectivity index (χ0n) is 12.0. The molecule has 0 bridgehead atoms. The largest absolute Gasteiger partial charge is 0.346 e. The average molecular weight is 269 g/mol. The summed E-state index contributed by atoms with van der Waals surface area (Å²) in [5.74, 6) is -0.00861. The summed E-state index contributed by atoms with van der Waals surface area (Å²) in [6.45, 7) is 1.60. The third-order valence-corrected chi connectivity index (χ3v) is 3.17. The Morgan fingerprint density at radius 3 is 2.35 bits per heavy atom. The van der Waals surface area contributed by atoms with Crippen molar-refractivity contribution in [3.63, 3.8) is 0 Å². The van der Waals surface area contributed by atoms with Gasteiger partial charge in [0, 0.05) is 5.56 Å². The number of quaternary nitrogens is 1. The first-order valence-electron chi connectivity index (χ1n) is 6.90. The van der Waals surface area contributed by atoms with Gasteiger partial charge in [-0.15, -0.1) is 0 Å². The number of rotatable bonds is 5. The van der Waals surface area contributed by atoms with Gasteiger partial charge in [-0.05, 0) is 17.2 Å². The number of hydrogen-bond acceptors (Lipinski definition) is 1. The van der Waals surface area contributed by atoms with Crippen molar-refractivity contribution in [3.8, 4) is 11.1 Å². The number of amides is 1. The minimum atomic E-state index is -0.00861. The number of nitrogens with one attached hydrogen (secondary N) is 2. The Kier molecular flexibility index (Phi) is 4.91. The Balaban J connectivity index is 2.18. The third kappa shape index (κ3) is 3.68. The highest BCUT2D eigenvalue weighted by atomic mass is 16.1. The Labute approximate surface area is 120 Å². The molecule has 0 aromatic heterocycles. The molecule has 0 unspecified atom stereocenters. The van der Waals surface area contributed by atoms with Gasteiger partial charge in [0.05, 0.1) is 27.2 Å². The third-order valence-electron chi connectivity index (χ3n) is 3.17. The summed E-state index contributed by atoms with van der Waals surface area (Å²) in [5.41, 5.74) is 2.77. The molecule has 0 fully saturated rings. The second kappa shape index (κ2) is 6.87. The lowest BCUT2D eigenvalue weighted by Crippen LogP contribution is -3.06. The smallest absolute Gasteiger partial charge is 0.252 e. The summed E-state index contributed by atoms with van der Waals surface area (Å²) in [6.07, 6.45) is 0. The van der Waals surface area contributed by atoms with Gasteiger partial charge in [-0.3, -0.25) is 4.79 Å². The van der Waals surface area contributed by atoms with Gasteiger partial charge in [-0.1, -0.05) is 48.5 Å². The maximum absolute atomic E-state index is 12.3. The van der Waals surface area contributed by atoms with Gasteiger partial charge >= 0.3 is 0 Å². The van der Waals surface area contributed by atoms with Crippen LogP contribution in [0.25, 0.3) is 11.1 Å². The van der Waals surface area contributed by atoms with E-state index >= 15 is 0 Å². The molecule has 0 aliphatic carbocycles. The first-order valence-corrected chi connectivity index (χ1v) is 6.90. The van der Waals surface area contributed by atoms with Crippen LogP contribution in [0.4, 0.5) is 0 Å². The van der Waals surface area contributed by atoms with Crippen LogP contribution < -0.4 is 10.2 Å². The Morgan fingerprint density at radius 1 is 1.00 bits per heavy atom. The van der Waals surface area contributed by atoms with E-state index in [1.54, 1.807) is 0 Å². The zero-order chi connectivity index (χ0) is 14.4. The highest BCUT2D eigenvalue weighted by molar-refractivity contribution is 6.00. The van der Waals surface area contributed by atoms with Crippen LogP contribution in [0.5, 0.6) is 0 Å². The van der Waals surface area contributed by atoms with Gasteiger partial charge in [0.25, 0.3) is 5.91 Å². The van der Waals surface area contributed by atoms with Crippen molar-refractivity contribution in [2.24, 2.45) is 0 Å². The van der Waals surface area contributed by atoms with E-state index in [2.05, 4.69) is 19.4 Å². The first-order chi connectivity index (χ1) is 9.68. The zero-order valence-corrected chi connectivity index (χ0v) is 12.0. The second-order valence-electron chi connectivity index (χ2n) is 5.12. The molecule has 2 aromatic carbocycles. The quantitative estimate of drug-likeness (QED) is 0.841. The predicted molar refractivity (Wildman–Crippen MR) is 81.9 cm³/mol. The lowest BCUT2D eigenvalue weighted by atomic mass is 9.99. The number of benzene rings is 2. The molecule has 20 heavy (non-hydrogen) atoms. The molecular weight excluding hydrogens is 248 g/mol. The van der Waals surface area contributed by atoms with Crippen LogP contribution in [0.3, 0.4) is 0 Å². The van der Waals surface area contributed by atoms with Gasteiger partial charge in [0.1, 0.15) is 0 Å². The first kappa shape index (κ1) is 14.3. The summed E-state index contributed by atoms with van der Waals surface area (Å²) in [7, 11) is 4.15. The molecule has 3 nitrogen and oxygen atoms in total. The molecule has 2 rings (SSSR count). The molecule has 0 spiro atoms. The number of carbonyl (C=O) groups is 1. The lowest BCUT2D eigenvalue weighted by Gasteiger charge is -2.11. The van der Waals surface area contributed by atoms with Crippen LogP contribution in [-0.4, -0.2) is 33.1 Å². The second-order valence-corrected chi connectivity index (χ2v) is 5.12. The Bertz CT molecular complexity index is 564. The minimum absolute atomic E-state index is 0.00861. The summed E-state index contributed by atoms with van der Waals surface area (Å²) < 4.78 is 0. The SMILES string of the molecule is C[NH+](C)CCNC(=O)c1ccccc1-c1ccccc1. The fourth-order valence-corrected chi connectivity index (χ4v) is 2.07. The van der Waals surface area contributed by atoms with Crippen LogP contribution in [0.15, 0.2) is 54.6 Å². The standard InChI is InChI=1S/C17H20N2O/c1-19(2)13-12-18-17(20)16-11-7-6-10-15(16)14-8-4-3-5-9-14/h3-11H,12-13H2,1-2H3,(H,18,20)/p+1. The van der Waals surface area contributed by atoms with Crippen LogP contribution in [0.1, 0.15) is 10.4 Å². The molecule has 0 aliphatic heterocycles. The van der Waals surface area contributed by atoms with Crippen LogP contribution >= 0.6 is 0 Å². The van der Waals surface area contributed by atoms with E-state index in [1.165, 1.54) is 4.90 Å². The Morgan fingerprint density at radius 2 is 1.65 bits per heavy atom. The molecular formula is C17H21N2O+. The van der Waals surface area contributed by atoms with Crippen LogP contribution in [-0.2, 0) is 0 Å². The highest BCUT2D eigenvalue weighted by Crippen LogP contribution is 2.23. The molecule has 0 radical (unpaired) electrons. The molecule has 3 heteroatoms. The molecule has 2 N–H and O–H groups in total. The van der Waals surface area contributed by atoms with E-state index in [1.807, 2.05) is 54.6 Å². The molecule has 0 saturated heterocycles. The predicted octanol–water partition coefficient (Wildman–Crippen LogP) is 1.23. The van der Waals surface area contributed by atoms with Crippen molar-refractivity contribution in [2.75, 3.05) is 27.2 Å². The number of carbonyl (C=O) groups excluding carboxylic acids is 1. The van der Waals surface area contributed by atoms with E-state index < -0.39 is 0 Å². The normalized spacial score (nSPS) is 10.6. The summed E-state index contributed by atoms with van der Waals surface area (Å²) >= 11 is 0. The fraction of sp³-hybridized carbons (Fsp3) is 0.235. The molecule has 104 valence electrons. The fourth-order valence-electron chi connectivity index (χ4n) is 2.07. The van der Waals surface area contributed by atoms with Crippen molar-refractivity contribution < 1.29 is 9.69 Å². The van der Waals surface area contributed by atoms with E-state index in [0.29, 0.717) is 6.54 Å². The lowest BCUT2D eigenvalue weighted by molar-refractivity contribution is -0.856. The highest BCUT2D eigenvalue weighted by Gasteiger charge is 2.11. The van der Waals surface area contributed by atoms with Crippen molar-refractivity contribution in [1.29, 1.82) is 0 Å². The number of hydrogen-bond donors (Lipinski definition) is 2. The monoisotopic (exact) mass is 269 g/mol. The van der Waals surface area contributed by atoms with Crippen molar-refractivity contribution in [1.82, 2.24) is 5.32 Å². The summed E-state index contributed by atoms with van der Waals surface area (Å²) in [6, 6.07) is 17.7. The summed E-state index contributed by atoms with van der Waals surface area (Å²) in [5, 5.41) is 2.98.